The van der Waals surface area contributed by atoms with Crippen LogP contribution in [0.2, 0.25) is 0 Å². The van der Waals surface area contributed by atoms with Gasteiger partial charge < -0.3 is 10.2 Å². The van der Waals surface area contributed by atoms with Gasteiger partial charge in [0.2, 0.25) is 11.0 Å². The second-order valence-corrected chi connectivity index (χ2v) is 5.17. The van der Waals surface area contributed by atoms with Crippen LogP contribution in [0.5, 0.6) is 0 Å². The van der Waals surface area contributed by atoms with Crippen LogP contribution < -0.4 is 5.32 Å². The number of amides is 1. The average molecular weight is 254 g/mol. The molecule has 0 saturated carbocycles. The van der Waals surface area contributed by atoms with E-state index in [9.17, 15) is 4.79 Å². The van der Waals surface area contributed by atoms with Crippen molar-refractivity contribution in [2.45, 2.75) is 38.6 Å². The Morgan fingerprint density at radius 3 is 3.12 bits per heavy atom. The lowest BCUT2D eigenvalue weighted by atomic mass is 10.1. The van der Waals surface area contributed by atoms with Crippen molar-refractivity contribution in [3.05, 3.63) is 5.82 Å². The van der Waals surface area contributed by atoms with Gasteiger partial charge in [-0.05, 0) is 12.8 Å². The summed E-state index contributed by atoms with van der Waals surface area (Å²) in [5, 5.41) is 4.24. The Balaban J connectivity index is 1.89. The zero-order valence-electron chi connectivity index (χ0n) is 10.3. The molecule has 1 unspecified atom stereocenters. The normalized spacial score (nSPS) is 20.7. The number of hydrogen-bond donors (Lipinski definition) is 1. The van der Waals surface area contributed by atoms with E-state index < -0.39 is 0 Å². The SMILES string of the molecule is CCCc1nsc(NC2CCC(=O)N(C)C2)n1. The van der Waals surface area contributed by atoms with Gasteiger partial charge in [0.15, 0.2) is 0 Å². The highest BCUT2D eigenvalue weighted by atomic mass is 32.1. The van der Waals surface area contributed by atoms with Crippen molar-refractivity contribution in [2.24, 2.45) is 0 Å². The Kier molecular flexibility index (Phi) is 3.93. The average Bonchev–Trinajstić information content (AvgIpc) is 2.72. The van der Waals surface area contributed by atoms with Crippen LogP contribution in [0.1, 0.15) is 32.0 Å². The van der Waals surface area contributed by atoms with Gasteiger partial charge in [0.1, 0.15) is 5.82 Å². The molecule has 0 spiro atoms. The Hall–Kier alpha value is -1.17. The maximum atomic E-state index is 11.4. The highest BCUT2D eigenvalue weighted by molar-refractivity contribution is 7.09. The molecule has 1 aliphatic heterocycles. The summed E-state index contributed by atoms with van der Waals surface area (Å²) in [6, 6.07) is 0.306. The summed E-state index contributed by atoms with van der Waals surface area (Å²) in [5.74, 6) is 1.15. The van der Waals surface area contributed by atoms with Crippen LogP contribution in [0.15, 0.2) is 0 Å². The predicted molar refractivity (Wildman–Crippen MR) is 68.2 cm³/mol. The molecule has 0 bridgehead atoms. The summed E-state index contributed by atoms with van der Waals surface area (Å²) in [5.41, 5.74) is 0. The van der Waals surface area contributed by atoms with Crippen LogP contribution in [0.3, 0.4) is 0 Å². The molecular weight excluding hydrogens is 236 g/mol. The third-order valence-corrected chi connectivity index (χ3v) is 3.58. The molecule has 0 radical (unpaired) electrons. The molecule has 1 fully saturated rings. The molecule has 1 saturated heterocycles. The Morgan fingerprint density at radius 2 is 2.41 bits per heavy atom. The number of carbonyl (C=O) groups is 1. The number of aromatic nitrogens is 2. The molecule has 1 aromatic heterocycles. The third-order valence-electron chi connectivity index (χ3n) is 2.90. The lowest BCUT2D eigenvalue weighted by molar-refractivity contribution is -0.132. The standard InChI is InChI=1S/C11H18N4OS/c1-3-4-9-13-11(17-14-9)12-8-5-6-10(16)15(2)7-8/h8H,3-7H2,1-2H3,(H,12,13,14). The number of likely N-dealkylation sites (tertiary alicyclic amines) is 1. The van der Waals surface area contributed by atoms with Crippen LogP contribution in [-0.2, 0) is 11.2 Å². The van der Waals surface area contributed by atoms with Gasteiger partial charge in [0.05, 0.1) is 0 Å². The number of hydrogen-bond acceptors (Lipinski definition) is 5. The monoisotopic (exact) mass is 254 g/mol. The highest BCUT2D eigenvalue weighted by Crippen LogP contribution is 2.18. The molecule has 1 amide bonds. The Morgan fingerprint density at radius 1 is 1.59 bits per heavy atom. The van der Waals surface area contributed by atoms with Crippen LogP contribution in [0, 0.1) is 0 Å². The minimum absolute atomic E-state index is 0.229. The summed E-state index contributed by atoms with van der Waals surface area (Å²) >= 11 is 1.41. The van der Waals surface area contributed by atoms with Gasteiger partial charge in [-0.2, -0.15) is 4.37 Å². The highest BCUT2D eigenvalue weighted by Gasteiger charge is 2.23. The van der Waals surface area contributed by atoms with E-state index >= 15 is 0 Å². The van der Waals surface area contributed by atoms with Gasteiger partial charge in [0.25, 0.3) is 0 Å². The van der Waals surface area contributed by atoms with E-state index in [1.807, 2.05) is 7.05 Å². The Bertz CT molecular complexity index is 393. The van der Waals surface area contributed by atoms with Gasteiger partial charge >= 0.3 is 0 Å². The summed E-state index contributed by atoms with van der Waals surface area (Å²) in [6.45, 7) is 2.87. The van der Waals surface area contributed by atoms with Gasteiger partial charge in [-0.25, -0.2) is 4.98 Å². The fraction of sp³-hybridized carbons (Fsp3) is 0.727. The number of aryl methyl sites for hydroxylation is 1. The van der Waals surface area contributed by atoms with Gasteiger partial charge in [-0.1, -0.05) is 6.92 Å². The van der Waals surface area contributed by atoms with Crippen LogP contribution in [0.25, 0.3) is 0 Å². The molecule has 0 aromatic carbocycles. The second-order valence-electron chi connectivity index (χ2n) is 4.42. The lowest BCUT2D eigenvalue weighted by Crippen LogP contribution is -2.43. The third kappa shape index (κ3) is 3.15. The van der Waals surface area contributed by atoms with E-state index in [-0.39, 0.29) is 5.91 Å². The van der Waals surface area contributed by atoms with Crippen molar-refractivity contribution >= 4 is 22.6 Å². The molecule has 2 rings (SSSR count). The first kappa shape index (κ1) is 12.3. The second kappa shape index (κ2) is 5.44. The van der Waals surface area contributed by atoms with E-state index in [1.54, 1.807) is 4.90 Å². The van der Waals surface area contributed by atoms with Crippen molar-refractivity contribution in [1.82, 2.24) is 14.3 Å². The summed E-state index contributed by atoms with van der Waals surface area (Å²) in [4.78, 5) is 17.6. The summed E-state index contributed by atoms with van der Waals surface area (Å²) in [6.07, 6.45) is 3.50. The first-order chi connectivity index (χ1) is 8.19. The van der Waals surface area contributed by atoms with Crippen molar-refractivity contribution in [2.75, 3.05) is 18.9 Å². The van der Waals surface area contributed by atoms with Crippen molar-refractivity contribution in [1.29, 1.82) is 0 Å². The number of anilines is 1. The maximum absolute atomic E-state index is 11.4. The molecule has 94 valence electrons. The van der Waals surface area contributed by atoms with E-state index in [2.05, 4.69) is 21.6 Å². The zero-order valence-corrected chi connectivity index (χ0v) is 11.1. The fourth-order valence-corrected chi connectivity index (χ4v) is 2.63. The first-order valence-corrected chi connectivity index (χ1v) is 6.79. The van der Waals surface area contributed by atoms with E-state index in [0.717, 1.165) is 36.8 Å². The summed E-state index contributed by atoms with van der Waals surface area (Å²) in [7, 11) is 1.85. The van der Waals surface area contributed by atoms with Crippen LogP contribution in [-0.4, -0.2) is 39.8 Å². The smallest absolute Gasteiger partial charge is 0.222 e. The molecule has 2 heterocycles. The van der Waals surface area contributed by atoms with Crippen molar-refractivity contribution in [3.63, 3.8) is 0 Å². The Labute approximate surface area is 105 Å². The molecule has 1 aliphatic rings. The van der Waals surface area contributed by atoms with E-state index in [1.165, 1.54) is 11.5 Å². The van der Waals surface area contributed by atoms with Crippen molar-refractivity contribution in [3.8, 4) is 0 Å². The lowest BCUT2D eigenvalue weighted by Gasteiger charge is -2.29. The molecule has 17 heavy (non-hydrogen) atoms. The van der Waals surface area contributed by atoms with Crippen LogP contribution in [0.4, 0.5) is 5.13 Å². The molecule has 1 N–H and O–H groups in total. The van der Waals surface area contributed by atoms with Gasteiger partial charge in [-0.15, -0.1) is 0 Å². The fourth-order valence-electron chi connectivity index (χ4n) is 1.94. The number of likely N-dealkylation sites (N-methyl/N-ethyl adjacent to an activating group) is 1. The molecule has 6 heteroatoms. The number of nitrogens with one attached hydrogen (secondary N) is 1. The van der Waals surface area contributed by atoms with Gasteiger partial charge in [0, 0.05) is 44.0 Å². The molecular formula is C11H18N4OS. The van der Waals surface area contributed by atoms with Gasteiger partial charge in [-0.3, -0.25) is 4.79 Å². The minimum Gasteiger partial charge on any atom is -0.356 e. The van der Waals surface area contributed by atoms with E-state index in [0.29, 0.717) is 12.5 Å². The van der Waals surface area contributed by atoms with E-state index in [4.69, 9.17) is 0 Å². The molecule has 1 aromatic rings. The molecule has 0 aliphatic carbocycles. The predicted octanol–water partition coefficient (Wildman–Crippen LogP) is 1.52. The minimum atomic E-state index is 0.229. The quantitative estimate of drug-likeness (QED) is 0.885. The zero-order chi connectivity index (χ0) is 12.3. The first-order valence-electron chi connectivity index (χ1n) is 6.02. The van der Waals surface area contributed by atoms with Crippen molar-refractivity contribution < 1.29 is 4.79 Å². The number of nitrogens with zero attached hydrogens (tertiary/aromatic N) is 3. The molecule has 1 atom stereocenters. The molecule has 5 nitrogen and oxygen atoms in total. The number of rotatable bonds is 4. The topological polar surface area (TPSA) is 58.1 Å². The number of piperidine rings is 1. The number of carbonyl (C=O) groups excluding carboxylic acids is 1. The largest absolute Gasteiger partial charge is 0.356 e. The van der Waals surface area contributed by atoms with Crippen LogP contribution >= 0.6 is 11.5 Å². The maximum Gasteiger partial charge on any atom is 0.222 e. The summed E-state index contributed by atoms with van der Waals surface area (Å²) < 4.78 is 4.29.